The van der Waals surface area contributed by atoms with Crippen molar-refractivity contribution in [3.63, 3.8) is 0 Å². The molecule has 4 aliphatic rings. The zero-order valence-electron chi connectivity index (χ0n) is 20.0. The van der Waals surface area contributed by atoms with E-state index in [1.807, 2.05) is 12.3 Å². The number of imide groups is 1. The molecule has 1 atom stereocenters. The summed E-state index contributed by atoms with van der Waals surface area (Å²) in [6.07, 6.45) is 4.64. The minimum absolute atomic E-state index is 0.0357. The van der Waals surface area contributed by atoms with E-state index in [2.05, 4.69) is 45.5 Å². The van der Waals surface area contributed by atoms with Crippen LogP contribution in [-0.4, -0.2) is 58.2 Å². The minimum Gasteiger partial charge on any atom is -0.492 e. The number of hydrogen-bond acceptors (Lipinski definition) is 5. The Morgan fingerprint density at radius 3 is 2.78 bits per heavy atom. The van der Waals surface area contributed by atoms with Crippen molar-refractivity contribution in [1.29, 1.82) is 0 Å². The van der Waals surface area contributed by atoms with Crippen LogP contribution in [0.4, 0.5) is 0 Å². The summed E-state index contributed by atoms with van der Waals surface area (Å²) in [4.78, 5) is 44.6. The summed E-state index contributed by atoms with van der Waals surface area (Å²) in [6.45, 7) is 3.96. The Kier molecular flexibility index (Phi) is 4.76. The molecule has 5 heterocycles. The van der Waals surface area contributed by atoms with E-state index in [4.69, 9.17) is 4.74 Å². The van der Waals surface area contributed by atoms with E-state index < -0.39 is 6.04 Å². The van der Waals surface area contributed by atoms with Crippen molar-refractivity contribution in [2.45, 2.75) is 50.2 Å². The highest BCUT2D eigenvalue weighted by molar-refractivity contribution is 6.05. The Labute approximate surface area is 208 Å². The molecule has 2 saturated heterocycles. The van der Waals surface area contributed by atoms with Crippen molar-refractivity contribution >= 4 is 28.6 Å². The molecule has 0 bridgehead atoms. The number of amides is 3. The largest absolute Gasteiger partial charge is 0.492 e. The zero-order valence-corrected chi connectivity index (χ0v) is 20.0. The van der Waals surface area contributed by atoms with E-state index in [9.17, 15) is 14.4 Å². The van der Waals surface area contributed by atoms with Gasteiger partial charge in [0.05, 0.1) is 6.61 Å². The third kappa shape index (κ3) is 3.27. The van der Waals surface area contributed by atoms with Crippen LogP contribution in [-0.2, 0) is 28.1 Å². The van der Waals surface area contributed by atoms with Crippen LogP contribution >= 0.6 is 0 Å². The Morgan fingerprint density at radius 2 is 1.94 bits per heavy atom. The predicted molar refractivity (Wildman–Crippen MR) is 132 cm³/mol. The number of aromatic nitrogens is 1. The molecule has 0 radical (unpaired) electrons. The molecule has 4 aliphatic heterocycles. The molecule has 0 saturated carbocycles. The van der Waals surface area contributed by atoms with Crippen molar-refractivity contribution in [2.75, 3.05) is 19.7 Å². The highest BCUT2D eigenvalue weighted by atomic mass is 16.5. The Morgan fingerprint density at radius 1 is 1.08 bits per heavy atom. The van der Waals surface area contributed by atoms with E-state index in [0.717, 1.165) is 43.8 Å². The van der Waals surface area contributed by atoms with Crippen LogP contribution in [0.5, 0.6) is 5.75 Å². The Bertz CT molecular complexity index is 1420. The number of piperidine rings is 2. The molecule has 8 heteroatoms. The second-order valence-corrected chi connectivity index (χ2v) is 10.6. The first-order valence-corrected chi connectivity index (χ1v) is 12.7. The normalized spacial score (nSPS) is 23.2. The fourth-order valence-electron chi connectivity index (χ4n) is 6.51. The molecule has 1 unspecified atom stereocenters. The summed E-state index contributed by atoms with van der Waals surface area (Å²) in [6, 6.07) is 12.0. The number of hydrogen-bond donors (Lipinski definition) is 2. The quantitative estimate of drug-likeness (QED) is 0.558. The van der Waals surface area contributed by atoms with Crippen LogP contribution in [0.25, 0.3) is 10.9 Å². The van der Waals surface area contributed by atoms with Gasteiger partial charge in [-0.25, -0.2) is 0 Å². The highest BCUT2D eigenvalue weighted by Gasteiger charge is 2.46. The van der Waals surface area contributed by atoms with Crippen LogP contribution in [0, 0.1) is 0 Å². The first kappa shape index (κ1) is 21.6. The van der Waals surface area contributed by atoms with Crippen molar-refractivity contribution < 1.29 is 19.1 Å². The summed E-state index contributed by atoms with van der Waals surface area (Å²) >= 11 is 0. The van der Waals surface area contributed by atoms with Crippen molar-refractivity contribution in [3.05, 3.63) is 64.8 Å². The summed E-state index contributed by atoms with van der Waals surface area (Å²) in [7, 11) is 0. The second kappa shape index (κ2) is 7.93. The predicted octanol–water partition coefficient (Wildman–Crippen LogP) is 2.86. The molecular weight excluding hydrogens is 456 g/mol. The van der Waals surface area contributed by atoms with Gasteiger partial charge in [0.2, 0.25) is 11.8 Å². The van der Waals surface area contributed by atoms with E-state index >= 15 is 0 Å². The SMILES string of the molecule is O=C1CCC(N2Cc3cc4c(cc3C2=O)OCC42CCN(Cc3cccc4[nH]ccc34)CC2)C(=O)N1. The van der Waals surface area contributed by atoms with Crippen LogP contribution in [0.3, 0.4) is 0 Å². The average molecular weight is 485 g/mol. The molecule has 2 fully saturated rings. The highest BCUT2D eigenvalue weighted by Crippen LogP contribution is 2.48. The van der Waals surface area contributed by atoms with Gasteiger partial charge >= 0.3 is 0 Å². The number of fused-ring (bicyclic) bond motifs is 4. The molecule has 7 rings (SSSR count). The van der Waals surface area contributed by atoms with Gasteiger partial charge in [-0.1, -0.05) is 12.1 Å². The van der Waals surface area contributed by atoms with E-state index in [-0.39, 0.29) is 29.6 Å². The standard InChI is InChI=1S/C28H28N4O4/c33-25-5-4-23(26(34)30-25)32-15-18-12-21-24(13-20(18)27(32)35)36-16-28(21)7-10-31(11-8-28)14-17-2-1-3-22-19(17)6-9-29-22/h1-3,6,9,12-13,23,29H,4-5,7-8,10-11,14-16H2,(H,30,33,34). The molecule has 2 N–H and O–H groups in total. The number of nitrogens with one attached hydrogen (secondary N) is 2. The summed E-state index contributed by atoms with van der Waals surface area (Å²) in [5.41, 5.74) is 5.26. The third-order valence-corrected chi connectivity index (χ3v) is 8.59. The Hall–Kier alpha value is -3.65. The number of rotatable bonds is 3. The van der Waals surface area contributed by atoms with Gasteiger partial charge in [0.25, 0.3) is 5.91 Å². The van der Waals surface area contributed by atoms with E-state index in [0.29, 0.717) is 25.1 Å². The molecule has 3 amide bonds. The molecule has 36 heavy (non-hydrogen) atoms. The average Bonchev–Trinajstić information content (AvgIpc) is 3.57. The van der Waals surface area contributed by atoms with Crippen LogP contribution in [0.2, 0.25) is 0 Å². The molecule has 0 aliphatic carbocycles. The lowest BCUT2D eigenvalue weighted by Crippen LogP contribution is -2.52. The van der Waals surface area contributed by atoms with Crippen LogP contribution < -0.4 is 10.1 Å². The summed E-state index contributed by atoms with van der Waals surface area (Å²) in [5, 5.41) is 3.66. The van der Waals surface area contributed by atoms with Crippen LogP contribution in [0.1, 0.15) is 52.7 Å². The lowest BCUT2D eigenvalue weighted by molar-refractivity contribution is -0.136. The molecule has 1 aromatic heterocycles. The first-order chi connectivity index (χ1) is 17.5. The fourth-order valence-corrected chi connectivity index (χ4v) is 6.51. The van der Waals surface area contributed by atoms with Crippen molar-refractivity contribution in [1.82, 2.24) is 20.1 Å². The Balaban J connectivity index is 1.09. The van der Waals surface area contributed by atoms with Crippen molar-refractivity contribution in [2.24, 2.45) is 0 Å². The molecule has 184 valence electrons. The lowest BCUT2D eigenvalue weighted by Gasteiger charge is -2.38. The molecule has 3 aromatic rings. The monoisotopic (exact) mass is 484 g/mol. The van der Waals surface area contributed by atoms with Gasteiger partial charge in [-0.15, -0.1) is 0 Å². The van der Waals surface area contributed by atoms with Crippen LogP contribution in [0.15, 0.2) is 42.6 Å². The smallest absolute Gasteiger partial charge is 0.255 e. The maximum absolute atomic E-state index is 13.2. The second-order valence-electron chi connectivity index (χ2n) is 10.6. The number of carbonyl (C=O) groups is 3. The number of aromatic amines is 1. The first-order valence-electron chi connectivity index (χ1n) is 12.7. The molecular formula is C28H28N4O4. The molecule has 1 spiro atoms. The minimum atomic E-state index is -0.597. The van der Waals surface area contributed by atoms with Gasteiger partial charge in [-0.2, -0.15) is 0 Å². The number of H-pyrrole nitrogens is 1. The molecule has 2 aromatic carbocycles. The van der Waals surface area contributed by atoms with Gasteiger partial charge in [0, 0.05) is 53.2 Å². The van der Waals surface area contributed by atoms with Gasteiger partial charge in [0.1, 0.15) is 11.8 Å². The number of benzene rings is 2. The van der Waals surface area contributed by atoms with Gasteiger partial charge < -0.3 is 14.6 Å². The van der Waals surface area contributed by atoms with Gasteiger partial charge in [-0.3, -0.25) is 24.6 Å². The van der Waals surface area contributed by atoms with E-state index in [1.54, 1.807) is 4.90 Å². The van der Waals surface area contributed by atoms with Crippen molar-refractivity contribution in [3.8, 4) is 5.75 Å². The third-order valence-electron chi connectivity index (χ3n) is 8.59. The maximum atomic E-state index is 13.2. The number of likely N-dealkylation sites (tertiary alicyclic amines) is 1. The lowest BCUT2D eigenvalue weighted by atomic mass is 9.73. The molecule has 8 nitrogen and oxygen atoms in total. The number of carbonyl (C=O) groups excluding carboxylic acids is 3. The van der Waals surface area contributed by atoms with E-state index in [1.165, 1.54) is 22.0 Å². The summed E-state index contributed by atoms with van der Waals surface area (Å²) < 4.78 is 6.16. The van der Waals surface area contributed by atoms with Gasteiger partial charge in [-0.05, 0) is 67.7 Å². The maximum Gasteiger partial charge on any atom is 0.255 e. The zero-order chi connectivity index (χ0) is 24.4. The fraction of sp³-hybridized carbons (Fsp3) is 0.393. The van der Waals surface area contributed by atoms with Gasteiger partial charge in [0.15, 0.2) is 0 Å². The summed E-state index contributed by atoms with van der Waals surface area (Å²) in [5.74, 6) is -0.000382. The number of nitrogens with zero attached hydrogens (tertiary/aromatic N) is 2. The topological polar surface area (TPSA) is 94.7 Å². The number of ether oxygens (including phenoxy) is 1.